The first-order valence-corrected chi connectivity index (χ1v) is 10.0. The van der Waals surface area contributed by atoms with E-state index in [0.29, 0.717) is 10.6 Å². The lowest BCUT2D eigenvalue weighted by Gasteiger charge is -2.40. The van der Waals surface area contributed by atoms with Crippen LogP contribution in [0.15, 0.2) is 42.0 Å². The number of carbonyl (C=O) groups is 1. The summed E-state index contributed by atoms with van der Waals surface area (Å²) in [4.78, 5) is 13.7. The largest absolute Gasteiger partial charge is 0.487 e. The quantitative estimate of drug-likeness (QED) is 0.753. The van der Waals surface area contributed by atoms with Gasteiger partial charge in [-0.1, -0.05) is 18.2 Å². The highest BCUT2D eigenvalue weighted by Crippen LogP contribution is 2.47. The van der Waals surface area contributed by atoms with E-state index < -0.39 is 0 Å². The number of fused-ring (bicyclic) bond motifs is 1. The molecule has 0 radical (unpaired) electrons. The highest BCUT2D eigenvalue weighted by atomic mass is 32.1. The van der Waals surface area contributed by atoms with Crippen molar-refractivity contribution in [2.75, 3.05) is 0 Å². The van der Waals surface area contributed by atoms with Crippen LogP contribution in [0.25, 0.3) is 5.69 Å². The second kappa shape index (κ2) is 6.45. The van der Waals surface area contributed by atoms with Crippen LogP contribution < -0.4 is 10.1 Å². The monoisotopic (exact) mass is 381 g/mol. The molecule has 1 aromatic carbocycles. The molecule has 3 aromatic rings. The minimum absolute atomic E-state index is 0.0654. The van der Waals surface area contributed by atoms with Crippen LogP contribution in [0.3, 0.4) is 0 Å². The summed E-state index contributed by atoms with van der Waals surface area (Å²) in [5.41, 5.74) is 1.59. The van der Waals surface area contributed by atoms with Crippen LogP contribution in [0.2, 0.25) is 0 Å². The number of rotatable bonds is 3. The van der Waals surface area contributed by atoms with Gasteiger partial charge in [0.25, 0.3) is 5.91 Å². The van der Waals surface area contributed by atoms with Crippen LogP contribution in [0.4, 0.5) is 0 Å². The predicted molar refractivity (Wildman–Crippen MR) is 100 cm³/mol. The van der Waals surface area contributed by atoms with Crippen molar-refractivity contribution in [3.8, 4) is 11.4 Å². The number of tetrazole rings is 1. The number of amides is 1. The summed E-state index contributed by atoms with van der Waals surface area (Å²) in [6.07, 6.45) is 6.75. The summed E-state index contributed by atoms with van der Waals surface area (Å²) < 4.78 is 7.90. The second-order valence-electron chi connectivity index (χ2n) is 7.15. The van der Waals surface area contributed by atoms with Gasteiger partial charge in [-0.25, -0.2) is 0 Å². The van der Waals surface area contributed by atoms with Crippen LogP contribution in [0.1, 0.15) is 53.4 Å². The Morgan fingerprint density at radius 3 is 2.93 bits per heavy atom. The van der Waals surface area contributed by atoms with Gasteiger partial charge in [0.1, 0.15) is 22.6 Å². The Morgan fingerprint density at radius 2 is 2.11 bits per heavy atom. The zero-order chi connectivity index (χ0) is 18.3. The molecule has 1 aliphatic carbocycles. The number of carbonyl (C=O) groups excluding carboxylic acids is 1. The first-order chi connectivity index (χ1) is 13.2. The Hall–Kier alpha value is -2.74. The van der Waals surface area contributed by atoms with Gasteiger partial charge in [0, 0.05) is 12.0 Å². The normalized spacial score (nSPS) is 20.2. The lowest BCUT2D eigenvalue weighted by Crippen LogP contribution is -2.43. The number of hydrogen-bond donors (Lipinski definition) is 1. The summed E-state index contributed by atoms with van der Waals surface area (Å²) in [6, 6.07) is 9.81. The molecule has 1 fully saturated rings. The van der Waals surface area contributed by atoms with Crippen LogP contribution in [0, 0.1) is 0 Å². The van der Waals surface area contributed by atoms with Crippen LogP contribution in [0.5, 0.6) is 5.75 Å². The maximum Gasteiger partial charge on any atom is 0.264 e. The summed E-state index contributed by atoms with van der Waals surface area (Å²) in [5.74, 6) is 0.785. The Balaban J connectivity index is 1.45. The highest BCUT2D eigenvalue weighted by molar-refractivity contribution is 7.12. The van der Waals surface area contributed by atoms with Gasteiger partial charge in [0.2, 0.25) is 0 Å². The van der Waals surface area contributed by atoms with Crippen molar-refractivity contribution in [2.24, 2.45) is 0 Å². The molecule has 1 spiro atoms. The summed E-state index contributed by atoms with van der Waals surface area (Å²) in [7, 11) is 0. The number of ether oxygens (including phenoxy) is 1. The third-order valence-electron chi connectivity index (χ3n) is 5.46. The molecule has 138 valence electrons. The van der Waals surface area contributed by atoms with Gasteiger partial charge < -0.3 is 10.1 Å². The van der Waals surface area contributed by atoms with E-state index in [1.807, 2.05) is 35.7 Å². The van der Waals surface area contributed by atoms with Gasteiger partial charge in [-0.15, -0.1) is 16.4 Å². The van der Waals surface area contributed by atoms with Crippen molar-refractivity contribution < 1.29 is 9.53 Å². The van der Waals surface area contributed by atoms with Crippen LogP contribution >= 0.6 is 11.3 Å². The molecule has 1 amide bonds. The number of nitrogens with one attached hydrogen (secondary N) is 1. The third kappa shape index (κ3) is 2.90. The zero-order valence-corrected chi connectivity index (χ0v) is 15.5. The van der Waals surface area contributed by atoms with E-state index in [0.717, 1.165) is 30.6 Å². The molecule has 1 aliphatic heterocycles. The molecule has 3 heterocycles. The molecule has 1 unspecified atom stereocenters. The van der Waals surface area contributed by atoms with Gasteiger partial charge in [-0.2, -0.15) is 4.68 Å². The van der Waals surface area contributed by atoms with Crippen LogP contribution in [-0.4, -0.2) is 31.7 Å². The van der Waals surface area contributed by atoms with Crippen molar-refractivity contribution >= 4 is 17.2 Å². The molecule has 2 aromatic heterocycles. The van der Waals surface area contributed by atoms with E-state index >= 15 is 0 Å². The average Bonchev–Trinajstić information content (AvgIpc) is 3.43. The van der Waals surface area contributed by atoms with E-state index in [9.17, 15) is 4.79 Å². The molecule has 5 rings (SSSR count). The van der Waals surface area contributed by atoms with E-state index in [4.69, 9.17) is 4.74 Å². The number of hydrogen-bond acceptors (Lipinski definition) is 6. The van der Waals surface area contributed by atoms with Gasteiger partial charge in [0.15, 0.2) is 0 Å². The molecule has 0 saturated heterocycles. The Bertz CT molecular complexity index is 962. The number of aromatic nitrogens is 4. The van der Waals surface area contributed by atoms with Gasteiger partial charge >= 0.3 is 0 Å². The third-order valence-corrected chi connectivity index (χ3v) is 6.37. The number of thiophene rings is 1. The van der Waals surface area contributed by atoms with Gasteiger partial charge in [-0.3, -0.25) is 4.79 Å². The SMILES string of the molecule is O=C(NC1CC2(CCCC2)Oc2ccccc21)c1sccc1-n1cnnn1. The molecular formula is C19H19N5O2S. The topological polar surface area (TPSA) is 81.9 Å². The molecule has 1 saturated carbocycles. The Morgan fingerprint density at radius 1 is 1.26 bits per heavy atom. The molecular weight excluding hydrogens is 362 g/mol. The lowest BCUT2D eigenvalue weighted by atomic mass is 9.86. The number of para-hydroxylation sites is 1. The van der Waals surface area contributed by atoms with E-state index in [2.05, 4.69) is 20.8 Å². The average molecular weight is 381 g/mol. The molecule has 1 atom stereocenters. The maximum absolute atomic E-state index is 13.1. The fourth-order valence-corrected chi connectivity index (χ4v) is 5.00. The minimum atomic E-state index is -0.152. The van der Waals surface area contributed by atoms with Crippen molar-refractivity contribution in [3.63, 3.8) is 0 Å². The molecule has 8 heteroatoms. The molecule has 27 heavy (non-hydrogen) atoms. The maximum atomic E-state index is 13.1. The fourth-order valence-electron chi connectivity index (χ4n) is 4.22. The summed E-state index contributed by atoms with van der Waals surface area (Å²) >= 11 is 1.39. The Kier molecular flexibility index (Phi) is 3.93. The van der Waals surface area contributed by atoms with Crippen molar-refractivity contribution in [2.45, 2.75) is 43.7 Å². The summed E-state index contributed by atoms with van der Waals surface area (Å²) in [5, 5.41) is 16.3. The standard InChI is InChI=1S/C19H19N5O2S/c25-18(17-15(7-10-27-17)24-12-20-22-23-24)21-14-11-19(8-3-4-9-19)26-16-6-2-1-5-13(14)16/h1-2,5-7,10,12,14H,3-4,8-9,11H2,(H,21,25). The van der Waals surface area contributed by atoms with Gasteiger partial charge in [0.05, 0.1) is 11.7 Å². The minimum Gasteiger partial charge on any atom is -0.487 e. The van der Waals surface area contributed by atoms with Gasteiger partial charge in [-0.05, 0) is 53.6 Å². The highest BCUT2D eigenvalue weighted by Gasteiger charge is 2.43. The van der Waals surface area contributed by atoms with Crippen molar-refractivity contribution in [1.82, 2.24) is 25.5 Å². The van der Waals surface area contributed by atoms with E-state index in [1.54, 1.807) is 0 Å². The predicted octanol–water partition coefficient (Wildman–Crippen LogP) is 3.29. The van der Waals surface area contributed by atoms with Crippen molar-refractivity contribution in [3.05, 3.63) is 52.5 Å². The molecule has 2 aliphatic rings. The first kappa shape index (κ1) is 16.4. The number of nitrogens with zero attached hydrogens (tertiary/aromatic N) is 4. The van der Waals surface area contributed by atoms with E-state index in [1.165, 1.54) is 35.2 Å². The fraction of sp³-hybridized carbons (Fsp3) is 0.368. The van der Waals surface area contributed by atoms with Crippen LogP contribution in [-0.2, 0) is 0 Å². The number of benzene rings is 1. The zero-order valence-electron chi connectivity index (χ0n) is 14.7. The molecule has 7 nitrogen and oxygen atoms in total. The summed E-state index contributed by atoms with van der Waals surface area (Å²) in [6.45, 7) is 0. The smallest absolute Gasteiger partial charge is 0.264 e. The Labute approximate surface area is 160 Å². The molecule has 0 bridgehead atoms. The van der Waals surface area contributed by atoms with Crippen molar-refractivity contribution in [1.29, 1.82) is 0 Å². The second-order valence-corrected chi connectivity index (χ2v) is 8.07. The molecule has 1 N–H and O–H groups in total. The lowest BCUT2D eigenvalue weighted by molar-refractivity contribution is 0.0361. The first-order valence-electron chi connectivity index (χ1n) is 9.14. The van der Waals surface area contributed by atoms with E-state index in [-0.39, 0.29) is 17.6 Å².